The summed E-state index contributed by atoms with van der Waals surface area (Å²) in [7, 11) is 1.92. The molecule has 1 aromatic heterocycles. The third-order valence-electron chi connectivity index (χ3n) is 3.01. The SMILES string of the molecule is CNCc1ccncc1Oc1cccc(C)c1C. The Kier molecular flexibility index (Phi) is 3.95. The molecule has 18 heavy (non-hydrogen) atoms. The maximum atomic E-state index is 5.97. The molecule has 0 radical (unpaired) electrons. The lowest BCUT2D eigenvalue weighted by Gasteiger charge is -2.13. The second kappa shape index (κ2) is 5.65. The molecule has 0 saturated heterocycles. The predicted molar refractivity (Wildman–Crippen MR) is 73.0 cm³/mol. The lowest BCUT2D eigenvalue weighted by atomic mass is 10.1. The number of hydrogen-bond acceptors (Lipinski definition) is 3. The summed E-state index contributed by atoms with van der Waals surface area (Å²) in [6.07, 6.45) is 3.54. The number of pyridine rings is 1. The number of aryl methyl sites for hydroxylation is 1. The van der Waals surface area contributed by atoms with Crippen LogP contribution < -0.4 is 10.1 Å². The number of aromatic nitrogens is 1. The maximum Gasteiger partial charge on any atom is 0.150 e. The van der Waals surface area contributed by atoms with Crippen LogP contribution in [0.4, 0.5) is 0 Å². The topological polar surface area (TPSA) is 34.2 Å². The van der Waals surface area contributed by atoms with Crippen molar-refractivity contribution in [1.29, 1.82) is 0 Å². The largest absolute Gasteiger partial charge is 0.455 e. The molecule has 3 heteroatoms. The fourth-order valence-corrected chi connectivity index (χ4v) is 1.79. The van der Waals surface area contributed by atoms with Gasteiger partial charge in [0.1, 0.15) is 11.5 Å². The standard InChI is InChI=1S/C15H18N2O/c1-11-5-4-6-14(12(11)2)18-15-10-17-8-7-13(15)9-16-3/h4-8,10,16H,9H2,1-3H3. The molecule has 1 aromatic carbocycles. The van der Waals surface area contributed by atoms with Gasteiger partial charge in [-0.15, -0.1) is 0 Å². The van der Waals surface area contributed by atoms with Gasteiger partial charge in [-0.25, -0.2) is 0 Å². The van der Waals surface area contributed by atoms with Crippen molar-refractivity contribution in [3.63, 3.8) is 0 Å². The van der Waals surface area contributed by atoms with Crippen LogP contribution in [0, 0.1) is 13.8 Å². The van der Waals surface area contributed by atoms with Crippen LogP contribution in [0.2, 0.25) is 0 Å². The van der Waals surface area contributed by atoms with E-state index < -0.39 is 0 Å². The molecule has 0 bridgehead atoms. The van der Waals surface area contributed by atoms with E-state index in [4.69, 9.17) is 4.74 Å². The minimum absolute atomic E-state index is 0.767. The molecule has 0 atom stereocenters. The average molecular weight is 242 g/mol. The Morgan fingerprint density at radius 1 is 1.17 bits per heavy atom. The summed E-state index contributed by atoms with van der Waals surface area (Å²) in [5.74, 6) is 1.70. The lowest BCUT2D eigenvalue weighted by molar-refractivity contribution is 0.468. The van der Waals surface area contributed by atoms with E-state index in [0.29, 0.717) is 0 Å². The number of rotatable bonds is 4. The Morgan fingerprint density at radius 2 is 2.00 bits per heavy atom. The normalized spacial score (nSPS) is 10.4. The fourth-order valence-electron chi connectivity index (χ4n) is 1.79. The monoisotopic (exact) mass is 242 g/mol. The predicted octanol–water partition coefficient (Wildman–Crippen LogP) is 3.21. The van der Waals surface area contributed by atoms with E-state index in [1.54, 1.807) is 12.4 Å². The first-order valence-corrected chi connectivity index (χ1v) is 6.04. The zero-order valence-electron chi connectivity index (χ0n) is 11.0. The molecule has 0 aliphatic heterocycles. The van der Waals surface area contributed by atoms with E-state index >= 15 is 0 Å². The average Bonchev–Trinajstić information content (AvgIpc) is 2.37. The number of nitrogens with zero attached hydrogens (tertiary/aromatic N) is 1. The number of hydrogen-bond donors (Lipinski definition) is 1. The van der Waals surface area contributed by atoms with E-state index in [0.717, 1.165) is 29.2 Å². The molecule has 0 spiro atoms. The fraction of sp³-hybridized carbons (Fsp3) is 0.267. The van der Waals surface area contributed by atoms with Gasteiger partial charge in [-0.1, -0.05) is 12.1 Å². The van der Waals surface area contributed by atoms with Crippen molar-refractivity contribution in [3.05, 3.63) is 53.3 Å². The molecule has 2 aromatic rings. The van der Waals surface area contributed by atoms with Crippen LogP contribution in [0.5, 0.6) is 11.5 Å². The highest BCUT2D eigenvalue weighted by Gasteiger charge is 2.07. The van der Waals surface area contributed by atoms with Gasteiger partial charge in [0.15, 0.2) is 0 Å². The van der Waals surface area contributed by atoms with Gasteiger partial charge in [-0.3, -0.25) is 4.98 Å². The van der Waals surface area contributed by atoms with Crippen LogP contribution >= 0.6 is 0 Å². The molecule has 0 unspecified atom stereocenters. The van der Waals surface area contributed by atoms with Gasteiger partial charge in [-0.05, 0) is 44.2 Å². The highest BCUT2D eigenvalue weighted by atomic mass is 16.5. The minimum atomic E-state index is 0.767. The summed E-state index contributed by atoms with van der Waals surface area (Å²) in [4.78, 5) is 4.12. The van der Waals surface area contributed by atoms with E-state index in [-0.39, 0.29) is 0 Å². The van der Waals surface area contributed by atoms with Gasteiger partial charge in [0.2, 0.25) is 0 Å². The van der Waals surface area contributed by atoms with Crippen molar-refractivity contribution in [2.75, 3.05) is 7.05 Å². The summed E-state index contributed by atoms with van der Waals surface area (Å²) >= 11 is 0. The molecule has 3 nitrogen and oxygen atoms in total. The summed E-state index contributed by atoms with van der Waals surface area (Å²) in [5.41, 5.74) is 3.50. The van der Waals surface area contributed by atoms with E-state index in [1.807, 2.05) is 25.2 Å². The van der Waals surface area contributed by atoms with Crippen LogP contribution in [0.15, 0.2) is 36.7 Å². The smallest absolute Gasteiger partial charge is 0.150 e. The zero-order valence-corrected chi connectivity index (χ0v) is 11.0. The van der Waals surface area contributed by atoms with Gasteiger partial charge < -0.3 is 10.1 Å². The quantitative estimate of drug-likeness (QED) is 0.894. The Morgan fingerprint density at radius 3 is 2.78 bits per heavy atom. The second-order valence-corrected chi connectivity index (χ2v) is 4.31. The first kappa shape index (κ1) is 12.6. The van der Waals surface area contributed by atoms with Crippen molar-refractivity contribution < 1.29 is 4.74 Å². The van der Waals surface area contributed by atoms with Crippen LogP contribution in [0.3, 0.4) is 0 Å². The molecular weight excluding hydrogens is 224 g/mol. The van der Waals surface area contributed by atoms with Gasteiger partial charge in [0.05, 0.1) is 6.20 Å². The Balaban J connectivity index is 2.31. The second-order valence-electron chi connectivity index (χ2n) is 4.31. The van der Waals surface area contributed by atoms with E-state index in [9.17, 15) is 0 Å². The molecule has 0 amide bonds. The molecular formula is C15H18N2O. The minimum Gasteiger partial charge on any atom is -0.455 e. The van der Waals surface area contributed by atoms with Crippen molar-refractivity contribution in [1.82, 2.24) is 10.3 Å². The van der Waals surface area contributed by atoms with Crippen molar-refractivity contribution in [2.45, 2.75) is 20.4 Å². The summed E-state index contributed by atoms with van der Waals surface area (Å²) < 4.78 is 5.97. The lowest BCUT2D eigenvalue weighted by Crippen LogP contribution is -2.06. The molecule has 1 heterocycles. The third kappa shape index (κ3) is 2.68. The Labute approximate surface area is 108 Å². The maximum absolute atomic E-state index is 5.97. The van der Waals surface area contributed by atoms with Gasteiger partial charge in [0, 0.05) is 18.3 Å². The summed E-state index contributed by atoms with van der Waals surface area (Å²) in [6.45, 7) is 4.92. The molecule has 94 valence electrons. The molecule has 1 N–H and O–H groups in total. The molecule has 0 aliphatic rings. The van der Waals surface area contributed by atoms with E-state index in [2.05, 4.69) is 30.2 Å². The summed E-state index contributed by atoms with van der Waals surface area (Å²) in [5, 5.41) is 3.13. The van der Waals surface area contributed by atoms with Gasteiger partial charge in [0.25, 0.3) is 0 Å². The van der Waals surface area contributed by atoms with E-state index in [1.165, 1.54) is 5.56 Å². The van der Waals surface area contributed by atoms with Crippen LogP contribution in [-0.4, -0.2) is 12.0 Å². The molecule has 0 saturated carbocycles. The Bertz CT molecular complexity index is 538. The van der Waals surface area contributed by atoms with Crippen LogP contribution in [0.1, 0.15) is 16.7 Å². The van der Waals surface area contributed by atoms with Crippen molar-refractivity contribution in [2.24, 2.45) is 0 Å². The Hall–Kier alpha value is -1.87. The third-order valence-corrected chi connectivity index (χ3v) is 3.01. The number of nitrogens with one attached hydrogen (secondary N) is 1. The number of ether oxygens (including phenoxy) is 1. The molecule has 2 rings (SSSR count). The van der Waals surface area contributed by atoms with Gasteiger partial charge in [-0.2, -0.15) is 0 Å². The van der Waals surface area contributed by atoms with Crippen molar-refractivity contribution >= 4 is 0 Å². The highest BCUT2D eigenvalue weighted by molar-refractivity contribution is 5.42. The zero-order chi connectivity index (χ0) is 13.0. The van der Waals surface area contributed by atoms with Gasteiger partial charge >= 0.3 is 0 Å². The van der Waals surface area contributed by atoms with Crippen LogP contribution in [0.25, 0.3) is 0 Å². The first-order chi connectivity index (χ1) is 8.72. The van der Waals surface area contributed by atoms with Crippen LogP contribution in [-0.2, 0) is 6.54 Å². The van der Waals surface area contributed by atoms with Crippen molar-refractivity contribution in [3.8, 4) is 11.5 Å². The highest BCUT2D eigenvalue weighted by Crippen LogP contribution is 2.28. The first-order valence-electron chi connectivity index (χ1n) is 6.04. The number of benzene rings is 1. The molecule has 0 fully saturated rings. The summed E-state index contributed by atoms with van der Waals surface area (Å²) in [6, 6.07) is 8.04. The molecule has 0 aliphatic carbocycles.